The van der Waals surface area contributed by atoms with Crippen LogP contribution in [0.4, 0.5) is 0 Å². The summed E-state index contributed by atoms with van der Waals surface area (Å²) in [4.78, 5) is 12.3. The highest BCUT2D eigenvalue weighted by Gasteiger charge is 2.65. The molecule has 4 rings (SSSR count). The van der Waals surface area contributed by atoms with Gasteiger partial charge in [0.25, 0.3) is 0 Å². The number of carbonyl (C=O) groups excluding carboxylic acids is 1. The quantitative estimate of drug-likeness (QED) is 0.598. The maximum Gasteiger partial charge on any atom is 0.303 e. The molecule has 0 spiro atoms. The molecule has 0 aromatic heterocycles. The van der Waals surface area contributed by atoms with Gasteiger partial charge >= 0.3 is 5.97 Å². The molecule has 0 heterocycles. The van der Waals surface area contributed by atoms with Gasteiger partial charge in [0.05, 0.1) is 6.10 Å². The van der Waals surface area contributed by atoms with Gasteiger partial charge in [-0.1, -0.05) is 44.2 Å². The van der Waals surface area contributed by atoms with Crippen LogP contribution in [0, 0.1) is 34.5 Å². The fraction of sp³-hybridized carbons (Fsp3) is 0.741. The second-order valence-electron chi connectivity index (χ2n) is 11.2. The Morgan fingerprint density at radius 1 is 1.09 bits per heavy atom. The first-order valence-electron chi connectivity index (χ1n) is 12.5. The molecule has 3 fully saturated rings. The minimum Gasteiger partial charge on any atom is -0.454 e. The third-order valence-corrected chi connectivity index (χ3v) is 9.96. The van der Waals surface area contributed by atoms with Crippen molar-refractivity contribution in [2.45, 2.75) is 77.4 Å². The zero-order chi connectivity index (χ0) is 23.1. The van der Waals surface area contributed by atoms with Crippen LogP contribution in [0.3, 0.4) is 0 Å². The van der Waals surface area contributed by atoms with E-state index >= 15 is 0 Å². The van der Waals surface area contributed by atoms with Crippen molar-refractivity contribution >= 4 is 5.97 Å². The maximum absolute atomic E-state index is 12.3. The molecule has 0 unspecified atom stereocenters. The molecule has 5 heteroatoms. The van der Waals surface area contributed by atoms with Gasteiger partial charge in [0.2, 0.25) is 0 Å². The molecule has 1 aromatic rings. The fourth-order valence-electron chi connectivity index (χ4n) is 8.26. The summed E-state index contributed by atoms with van der Waals surface area (Å²) < 4.78 is 6.26. The second kappa shape index (κ2) is 8.73. The summed E-state index contributed by atoms with van der Waals surface area (Å²) in [5, 5.41) is 20.5. The third kappa shape index (κ3) is 3.52. The Balaban J connectivity index is 1.72. The molecule has 8 atom stereocenters. The van der Waals surface area contributed by atoms with E-state index in [9.17, 15) is 15.0 Å². The van der Waals surface area contributed by atoms with Gasteiger partial charge in [-0.05, 0) is 86.1 Å². The van der Waals surface area contributed by atoms with E-state index < -0.39 is 5.60 Å². The van der Waals surface area contributed by atoms with E-state index in [0.717, 1.165) is 44.1 Å². The van der Waals surface area contributed by atoms with Gasteiger partial charge in [-0.3, -0.25) is 4.79 Å². The van der Waals surface area contributed by atoms with Crippen molar-refractivity contribution in [2.24, 2.45) is 40.2 Å². The summed E-state index contributed by atoms with van der Waals surface area (Å²) in [5.41, 5.74) is 6.76. The molecule has 0 saturated heterocycles. The Morgan fingerprint density at radius 2 is 1.78 bits per heavy atom. The van der Waals surface area contributed by atoms with Crippen LogP contribution in [0.15, 0.2) is 30.3 Å². The number of nitrogens with two attached hydrogens (primary N) is 1. The lowest BCUT2D eigenvalue weighted by molar-refractivity contribution is -0.187. The molecule has 3 saturated carbocycles. The van der Waals surface area contributed by atoms with E-state index in [0.29, 0.717) is 30.7 Å². The monoisotopic (exact) mass is 443 g/mol. The third-order valence-electron chi connectivity index (χ3n) is 9.96. The molecule has 4 N–H and O–H groups in total. The smallest absolute Gasteiger partial charge is 0.303 e. The van der Waals surface area contributed by atoms with Gasteiger partial charge in [0.15, 0.2) is 0 Å². The number of fused-ring (bicyclic) bond motifs is 1. The average Bonchev–Trinajstić information content (AvgIpc) is 3.08. The maximum atomic E-state index is 12.3. The molecule has 0 amide bonds. The van der Waals surface area contributed by atoms with Crippen LogP contribution < -0.4 is 5.73 Å². The highest BCUT2D eigenvalue weighted by molar-refractivity contribution is 5.67. The summed E-state index contributed by atoms with van der Waals surface area (Å²) in [6.45, 7) is 6.88. The average molecular weight is 444 g/mol. The standard InChI is InChI=1S/C27H41NO4/c1-18(30)32-27(19-7-5-4-6-8-19)14-11-24-22(16-28)23(10-13-26(24,27)3)25(2)12-9-21(31)15-20(25)17-29/h4-8,20-24,29,31H,9-17,28H2,1-3H3/t20-,21+,22-,23+,24+,25+,26+,27-/m1/s1. The van der Waals surface area contributed by atoms with Crippen LogP contribution in [0.1, 0.15) is 71.3 Å². The van der Waals surface area contributed by atoms with Gasteiger partial charge < -0.3 is 20.7 Å². The number of esters is 1. The number of aliphatic hydroxyl groups excluding tert-OH is 2. The molecular weight excluding hydrogens is 402 g/mol. The van der Waals surface area contributed by atoms with E-state index in [2.05, 4.69) is 26.0 Å². The lowest BCUT2D eigenvalue weighted by atomic mass is 9.48. The number of aliphatic hydroxyl groups is 2. The topological polar surface area (TPSA) is 92.8 Å². The highest BCUT2D eigenvalue weighted by Crippen LogP contribution is 2.68. The SMILES string of the molecule is CC(=O)O[C@@]1(c2ccccc2)CC[C@H]2[C@H](CN)[C@@H]([C@@]3(C)CC[C@H](O)C[C@@H]3CO)CC[C@@]21C. The van der Waals surface area contributed by atoms with Gasteiger partial charge in [-0.2, -0.15) is 0 Å². The minimum absolute atomic E-state index is 0.0290. The van der Waals surface area contributed by atoms with Crippen molar-refractivity contribution in [3.8, 4) is 0 Å². The zero-order valence-electron chi connectivity index (χ0n) is 19.9. The first-order valence-corrected chi connectivity index (χ1v) is 12.5. The first-order chi connectivity index (χ1) is 15.2. The van der Waals surface area contributed by atoms with Gasteiger partial charge in [-0.15, -0.1) is 0 Å². The predicted molar refractivity (Wildman–Crippen MR) is 125 cm³/mol. The number of hydrogen-bond acceptors (Lipinski definition) is 5. The van der Waals surface area contributed by atoms with Crippen molar-refractivity contribution in [3.63, 3.8) is 0 Å². The minimum atomic E-state index is -0.622. The number of hydrogen-bond donors (Lipinski definition) is 3. The van der Waals surface area contributed by atoms with E-state index in [-0.39, 0.29) is 35.4 Å². The van der Waals surface area contributed by atoms with Crippen molar-refractivity contribution in [1.82, 2.24) is 0 Å². The van der Waals surface area contributed by atoms with Crippen LogP contribution in [-0.4, -0.2) is 35.4 Å². The summed E-state index contributed by atoms with van der Waals surface area (Å²) >= 11 is 0. The summed E-state index contributed by atoms with van der Waals surface area (Å²) in [5.74, 6) is 0.941. The number of benzene rings is 1. The van der Waals surface area contributed by atoms with E-state index in [1.807, 2.05) is 18.2 Å². The van der Waals surface area contributed by atoms with E-state index in [1.165, 1.54) is 6.92 Å². The Bertz CT molecular complexity index is 815. The van der Waals surface area contributed by atoms with Crippen molar-refractivity contribution in [1.29, 1.82) is 0 Å². The van der Waals surface area contributed by atoms with Gasteiger partial charge in [-0.25, -0.2) is 0 Å². The van der Waals surface area contributed by atoms with Gasteiger partial charge in [0, 0.05) is 18.9 Å². The van der Waals surface area contributed by atoms with Gasteiger partial charge in [0.1, 0.15) is 5.60 Å². The van der Waals surface area contributed by atoms with Crippen LogP contribution in [0.5, 0.6) is 0 Å². The summed E-state index contributed by atoms with van der Waals surface area (Å²) in [6.07, 6.45) is 5.86. The van der Waals surface area contributed by atoms with Crippen molar-refractivity contribution in [3.05, 3.63) is 35.9 Å². The molecule has 1 aromatic carbocycles. The molecule has 3 aliphatic rings. The number of carbonyl (C=O) groups is 1. The Kier molecular flexibility index (Phi) is 6.47. The number of rotatable bonds is 5. The Hall–Kier alpha value is -1.43. The van der Waals surface area contributed by atoms with Crippen LogP contribution in [0.25, 0.3) is 0 Å². The first kappa shape index (κ1) is 23.7. The Morgan fingerprint density at radius 3 is 2.41 bits per heavy atom. The molecule has 0 radical (unpaired) electrons. The molecule has 5 nitrogen and oxygen atoms in total. The fourth-order valence-corrected chi connectivity index (χ4v) is 8.26. The summed E-state index contributed by atoms with van der Waals surface area (Å²) in [6, 6.07) is 10.3. The largest absolute Gasteiger partial charge is 0.454 e. The van der Waals surface area contributed by atoms with Crippen LogP contribution in [0.2, 0.25) is 0 Å². The lowest BCUT2D eigenvalue weighted by Gasteiger charge is -2.58. The normalized spacial score (nSPS) is 44.1. The molecular formula is C27H41NO4. The summed E-state index contributed by atoms with van der Waals surface area (Å²) in [7, 11) is 0. The Labute approximate surface area is 192 Å². The molecule has 178 valence electrons. The van der Waals surface area contributed by atoms with E-state index in [1.54, 1.807) is 0 Å². The van der Waals surface area contributed by atoms with Crippen LogP contribution in [-0.2, 0) is 15.1 Å². The second-order valence-corrected chi connectivity index (χ2v) is 11.2. The zero-order valence-corrected chi connectivity index (χ0v) is 19.9. The number of ether oxygens (including phenoxy) is 1. The molecule has 0 aliphatic heterocycles. The van der Waals surface area contributed by atoms with Crippen LogP contribution >= 0.6 is 0 Å². The molecule has 0 bridgehead atoms. The predicted octanol–water partition coefficient (Wildman–Crippen LogP) is 4.01. The van der Waals surface area contributed by atoms with E-state index in [4.69, 9.17) is 10.5 Å². The highest BCUT2D eigenvalue weighted by atomic mass is 16.6. The molecule has 3 aliphatic carbocycles. The lowest BCUT2D eigenvalue weighted by Crippen LogP contribution is -2.56. The molecule has 32 heavy (non-hydrogen) atoms. The van der Waals surface area contributed by atoms with Crippen molar-refractivity contribution < 1.29 is 19.7 Å². The van der Waals surface area contributed by atoms with Crippen molar-refractivity contribution in [2.75, 3.05) is 13.2 Å².